The van der Waals surface area contributed by atoms with Crippen molar-refractivity contribution < 1.29 is 3.07 Å². The minimum absolute atomic E-state index is 0.0296. The number of rotatable bonds is 3. The van der Waals surface area contributed by atoms with Crippen LogP contribution < -0.4 is 0 Å². The standard InChI is InChI=1S/C6H14NO.Sn/c1-6(2,8)5-7(3)4;/h5H2,1-4H3;/q-1;+1. The van der Waals surface area contributed by atoms with E-state index in [2.05, 4.69) is 32.8 Å². The van der Waals surface area contributed by atoms with E-state index in [1.54, 1.807) is 0 Å². The van der Waals surface area contributed by atoms with E-state index in [0.29, 0.717) is 0 Å². The van der Waals surface area contributed by atoms with Crippen LogP contribution in [0.4, 0.5) is 0 Å². The maximum atomic E-state index is 5.30. The molecule has 0 fully saturated rings. The number of hydrogen-bond donors (Lipinski definition) is 0. The Labute approximate surface area is 71.2 Å². The molecule has 2 nitrogen and oxygen atoms in total. The van der Waals surface area contributed by atoms with Crippen molar-refractivity contribution >= 4 is 22.9 Å². The van der Waals surface area contributed by atoms with Crippen molar-refractivity contribution in [3.63, 3.8) is 0 Å². The second-order valence-corrected chi connectivity index (χ2v) is 3.68. The molecule has 0 aromatic carbocycles. The second-order valence-electron chi connectivity index (χ2n) is 3.10. The number of nitrogens with zero attached hydrogens (tertiary/aromatic N) is 1. The molecule has 0 aliphatic heterocycles. The normalized spacial score (nSPS) is 12.7. The summed E-state index contributed by atoms with van der Waals surface area (Å²) in [5.74, 6) is 0. The van der Waals surface area contributed by atoms with Crippen LogP contribution in [0.2, 0.25) is 0 Å². The molecule has 9 heavy (non-hydrogen) atoms. The van der Waals surface area contributed by atoms with Gasteiger partial charge in [-0.25, -0.2) is 0 Å². The fourth-order valence-electron chi connectivity index (χ4n) is 0.794. The Balaban J connectivity index is 3.58. The van der Waals surface area contributed by atoms with Crippen molar-refractivity contribution in [3.05, 3.63) is 0 Å². The molecular formula is C6H14NOSn. The van der Waals surface area contributed by atoms with E-state index < -0.39 is 0 Å². The molecule has 0 bridgehead atoms. The summed E-state index contributed by atoms with van der Waals surface area (Å²) in [6.07, 6.45) is 0. The number of likely N-dealkylation sites (N-methyl/N-ethyl adjacent to an activating group) is 1. The van der Waals surface area contributed by atoms with Crippen LogP contribution in [0.25, 0.3) is 0 Å². The molecule has 0 N–H and O–H groups in total. The second kappa shape index (κ2) is 3.78. The summed E-state index contributed by atoms with van der Waals surface area (Å²) >= 11 is 1.15. The van der Waals surface area contributed by atoms with Crippen LogP contribution in [-0.2, 0) is 3.07 Å². The van der Waals surface area contributed by atoms with E-state index in [1.165, 1.54) is 0 Å². The molecule has 3 radical (unpaired) electrons. The molecule has 0 aliphatic rings. The Kier molecular flexibility index (Phi) is 4.08. The monoisotopic (exact) mass is 236 g/mol. The van der Waals surface area contributed by atoms with Gasteiger partial charge in [-0.3, -0.25) is 0 Å². The zero-order valence-electron chi connectivity index (χ0n) is 6.56. The third kappa shape index (κ3) is 5.18. The van der Waals surface area contributed by atoms with Crippen LogP contribution in [-0.4, -0.2) is 54.1 Å². The summed E-state index contributed by atoms with van der Waals surface area (Å²) in [6, 6.07) is 0. The van der Waals surface area contributed by atoms with E-state index in [-0.39, 0.29) is 5.60 Å². The molecule has 0 atom stereocenters. The molecule has 3 heteroatoms. The topological polar surface area (TPSA) is 12.5 Å². The van der Waals surface area contributed by atoms with Gasteiger partial charge in [0, 0.05) is 0 Å². The van der Waals surface area contributed by atoms with Crippen molar-refractivity contribution in [2.24, 2.45) is 0 Å². The molecule has 0 saturated carbocycles. The Bertz CT molecular complexity index is 83.1. The summed E-state index contributed by atoms with van der Waals surface area (Å²) in [5.41, 5.74) is 0.0296. The van der Waals surface area contributed by atoms with Gasteiger partial charge >= 0.3 is 71.0 Å². The van der Waals surface area contributed by atoms with Gasteiger partial charge in [-0.1, -0.05) is 0 Å². The molecule has 0 saturated heterocycles. The summed E-state index contributed by atoms with van der Waals surface area (Å²) in [4.78, 5) is 2.13. The maximum absolute atomic E-state index is 5.30. The molecule has 0 rings (SSSR count). The molecular weight excluding hydrogens is 221 g/mol. The van der Waals surface area contributed by atoms with Crippen molar-refractivity contribution in [3.8, 4) is 0 Å². The van der Waals surface area contributed by atoms with Crippen LogP contribution in [0.5, 0.6) is 0 Å². The first kappa shape index (κ1) is 9.72. The first-order valence-corrected chi connectivity index (χ1v) is 4.14. The number of hydrogen-bond acceptors (Lipinski definition) is 2. The van der Waals surface area contributed by atoms with Crippen molar-refractivity contribution in [1.82, 2.24) is 4.90 Å². The van der Waals surface area contributed by atoms with E-state index in [1.807, 2.05) is 0 Å². The van der Waals surface area contributed by atoms with Gasteiger partial charge in [0.1, 0.15) is 0 Å². The SMILES string of the molecule is CN(C)CC(C)(C)[O][Sn]. The van der Waals surface area contributed by atoms with E-state index >= 15 is 0 Å². The van der Waals surface area contributed by atoms with Crippen molar-refractivity contribution in [2.75, 3.05) is 20.6 Å². The molecule has 0 amide bonds. The molecule has 0 unspecified atom stereocenters. The summed E-state index contributed by atoms with van der Waals surface area (Å²) in [6.45, 7) is 5.18. The van der Waals surface area contributed by atoms with Gasteiger partial charge in [0.25, 0.3) is 0 Å². The molecule has 0 heterocycles. The molecule has 0 aromatic heterocycles. The van der Waals surface area contributed by atoms with Gasteiger partial charge in [-0.15, -0.1) is 0 Å². The van der Waals surface area contributed by atoms with Crippen LogP contribution in [0, 0.1) is 0 Å². The van der Waals surface area contributed by atoms with Gasteiger partial charge in [-0.2, -0.15) is 0 Å². The first-order chi connectivity index (χ1) is 3.98. The van der Waals surface area contributed by atoms with E-state index in [9.17, 15) is 0 Å². The Morgan fingerprint density at radius 2 is 1.89 bits per heavy atom. The van der Waals surface area contributed by atoms with Gasteiger partial charge in [0.05, 0.1) is 0 Å². The third-order valence-electron chi connectivity index (χ3n) is 0.973. The van der Waals surface area contributed by atoms with Gasteiger partial charge in [-0.05, 0) is 0 Å². The quantitative estimate of drug-likeness (QED) is 0.657. The fraction of sp³-hybridized carbons (Fsp3) is 1.00. The molecule has 53 valence electrons. The third-order valence-corrected chi connectivity index (χ3v) is 2.55. The zero-order valence-corrected chi connectivity index (χ0v) is 9.42. The predicted octanol–water partition coefficient (Wildman–Crippen LogP) is 0.427. The van der Waals surface area contributed by atoms with Crippen LogP contribution in [0.1, 0.15) is 13.8 Å². The minimum atomic E-state index is 0.0296. The van der Waals surface area contributed by atoms with Crippen molar-refractivity contribution in [2.45, 2.75) is 19.4 Å². The van der Waals surface area contributed by atoms with E-state index in [4.69, 9.17) is 3.07 Å². The molecule has 0 aliphatic carbocycles. The summed E-state index contributed by atoms with van der Waals surface area (Å²) in [5, 5.41) is 0. The van der Waals surface area contributed by atoms with Gasteiger partial charge in [0.2, 0.25) is 0 Å². The van der Waals surface area contributed by atoms with E-state index in [0.717, 1.165) is 29.5 Å². The van der Waals surface area contributed by atoms with Crippen molar-refractivity contribution in [1.29, 1.82) is 0 Å². The predicted molar refractivity (Wildman–Crippen MR) is 39.5 cm³/mol. The Morgan fingerprint density at radius 3 is 2.00 bits per heavy atom. The van der Waals surface area contributed by atoms with Crippen LogP contribution in [0.15, 0.2) is 0 Å². The fourth-order valence-corrected chi connectivity index (χ4v) is 0.978. The average molecular weight is 235 g/mol. The molecule has 0 aromatic rings. The Morgan fingerprint density at radius 1 is 1.44 bits per heavy atom. The summed E-state index contributed by atoms with van der Waals surface area (Å²) < 4.78 is 5.30. The van der Waals surface area contributed by atoms with Crippen LogP contribution in [0.3, 0.4) is 0 Å². The Hall–Kier alpha value is 0.719. The zero-order chi connectivity index (χ0) is 7.49. The van der Waals surface area contributed by atoms with Gasteiger partial charge < -0.3 is 0 Å². The first-order valence-electron chi connectivity index (χ1n) is 2.97. The average Bonchev–Trinajstić information content (AvgIpc) is 1.63. The van der Waals surface area contributed by atoms with Gasteiger partial charge in [0.15, 0.2) is 0 Å². The summed E-state index contributed by atoms with van der Waals surface area (Å²) in [7, 11) is 4.10. The van der Waals surface area contributed by atoms with Crippen LogP contribution >= 0.6 is 0 Å². The molecule has 0 spiro atoms.